The molecule has 3 N–H and O–H groups in total. The van der Waals surface area contributed by atoms with Gasteiger partial charge in [-0.05, 0) is 29.7 Å². The molecule has 9 heteroatoms. The van der Waals surface area contributed by atoms with Crippen molar-refractivity contribution in [3.63, 3.8) is 0 Å². The Morgan fingerprint density at radius 2 is 2.03 bits per heavy atom. The molecule has 0 fully saturated rings. The Morgan fingerprint density at radius 3 is 2.72 bits per heavy atom. The van der Waals surface area contributed by atoms with Crippen LogP contribution in [0.4, 0.5) is 5.69 Å². The van der Waals surface area contributed by atoms with Gasteiger partial charge in [0.05, 0.1) is 11.4 Å². The fourth-order valence-electron chi connectivity index (χ4n) is 3.64. The molecule has 0 radical (unpaired) electrons. The molecule has 2 aromatic heterocycles. The van der Waals surface area contributed by atoms with E-state index in [9.17, 15) is 18.4 Å². The minimum Gasteiger partial charge on any atom is -0.477 e. The number of aryl methyl sites for hydroxylation is 1. The van der Waals surface area contributed by atoms with E-state index in [0.717, 1.165) is 5.56 Å². The number of anilines is 1. The van der Waals surface area contributed by atoms with Gasteiger partial charge in [-0.25, -0.2) is 4.21 Å². The number of hydrogen-bond acceptors (Lipinski definition) is 4. The minimum absolute atomic E-state index is 0.0481. The number of nitrogens with one attached hydrogen (secondary N) is 2. The second kappa shape index (κ2) is 7.16. The van der Waals surface area contributed by atoms with Crippen molar-refractivity contribution < 1.29 is 18.3 Å². The first kappa shape index (κ1) is 19.4. The number of nitrogens with zero attached hydrogens (tertiary/aromatic N) is 1. The Labute approximate surface area is 169 Å². The SMILES string of the molecule is CC(C)C1Oc2c(cc(CS(=O)O)cc2-c2cn(C)c(=O)c3[nH]ccc23)NC1=O. The first-order chi connectivity index (χ1) is 13.8. The van der Waals surface area contributed by atoms with E-state index in [-0.39, 0.29) is 23.1 Å². The molecule has 1 aromatic carbocycles. The lowest BCUT2D eigenvalue weighted by molar-refractivity contribution is -0.125. The zero-order valence-electron chi connectivity index (χ0n) is 16.2. The van der Waals surface area contributed by atoms with Crippen molar-refractivity contribution in [2.75, 3.05) is 5.32 Å². The summed E-state index contributed by atoms with van der Waals surface area (Å²) in [7, 11) is 1.66. The first-order valence-corrected chi connectivity index (χ1v) is 10.4. The van der Waals surface area contributed by atoms with Crippen LogP contribution in [-0.4, -0.2) is 30.3 Å². The van der Waals surface area contributed by atoms with E-state index < -0.39 is 17.2 Å². The van der Waals surface area contributed by atoms with E-state index in [1.54, 1.807) is 37.6 Å². The summed E-state index contributed by atoms with van der Waals surface area (Å²) >= 11 is -2.05. The Balaban J connectivity index is 2.00. The Bertz CT molecular complexity index is 1210. The molecule has 4 rings (SSSR count). The molecule has 8 nitrogen and oxygen atoms in total. The minimum atomic E-state index is -2.05. The molecule has 152 valence electrons. The highest BCUT2D eigenvalue weighted by Crippen LogP contribution is 2.43. The van der Waals surface area contributed by atoms with Gasteiger partial charge in [0.15, 0.2) is 22.9 Å². The van der Waals surface area contributed by atoms with Gasteiger partial charge in [0.25, 0.3) is 11.5 Å². The molecule has 3 aromatic rings. The van der Waals surface area contributed by atoms with Crippen molar-refractivity contribution in [2.45, 2.75) is 25.7 Å². The van der Waals surface area contributed by atoms with Gasteiger partial charge >= 0.3 is 0 Å². The molecular formula is C20H21N3O5S. The number of amides is 1. The van der Waals surface area contributed by atoms with Gasteiger partial charge in [-0.1, -0.05) is 13.8 Å². The van der Waals surface area contributed by atoms with Crippen molar-refractivity contribution in [3.8, 4) is 16.9 Å². The van der Waals surface area contributed by atoms with E-state index in [1.807, 2.05) is 13.8 Å². The largest absolute Gasteiger partial charge is 0.477 e. The van der Waals surface area contributed by atoms with Crippen LogP contribution in [0.15, 0.2) is 35.4 Å². The topological polar surface area (TPSA) is 113 Å². The zero-order valence-corrected chi connectivity index (χ0v) is 17.0. The first-order valence-electron chi connectivity index (χ1n) is 9.15. The number of carbonyl (C=O) groups is 1. The normalized spacial score (nSPS) is 17.1. The van der Waals surface area contributed by atoms with Gasteiger partial charge < -0.3 is 24.2 Å². The molecule has 3 heterocycles. The summed E-state index contributed by atoms with van der Waals surface area (Å²) in [6.07, 6.45) is 2.74. The number of carbonyl (C=O) groups excluding carboxylic acids is 1. The molecule has 1 aliphatic rings. The molecule has 2 atom stereocenters. The van der Waals surface area contributed by atoms with Crippen LogP contribution in [-0.2, 0) is 28.7 Å². The number of H-pyrrole nitrogens is 1. The van der Waals surface area contributed by atoms with Gasteiger partial charge in [-0.3, -0.25) is 9.59 Å². The lowest BCUT2D eigenvalue weighted by Gasteiger charge is -2.30. The number of fused-ring (bicyclic) bond motifs is 2. The van der Waals surface area contributed by atoms with Gasteiger partial charge in [-0.15, -0.1) is 0 Å². The van der Waals surface area contributed by atoms with E-state index in [0.29, 0.717) is 33.5 Å². The molecule has 0 saturated heterocycles. The molecule has 29 heavy (non-hydrogen) atoms. The average Bonchev–Trinajstić information content (AvgIpc) is 3.13. The maximum Gasteiger partial charge on any atom is 0.274 e. The van der Waals surface area contributed by atoms with Crippen LogP contribution in [0.5, 0.6) is 5.75 Å². The van der Waals surface area contributed by atoms with Crippen molar-refractivity contribution in [1.82, 2.24) is 9.55 Å². The van der Waals surface area contributed by atoms with Gasteiger partial charge in [0.2, 0.25) is 0 Å². The zero-order chi connectivity index (χ0) is 20.9. The summed E-state index contributed by atoms with van der Waals surface area (Å²) in [6, 6.07) is 5.22. The Kier molecular flexibility index (Phi) is 4.79. The second-order valence-corrected chi connectivity index (χ2v) is 8.41. The lowest BCUT2D eigenvalue weighted by atomic mass is 9.97. The number of aromatic amines is 1. The molecule has 1 aliphatic heterocycles. The summed E-state index contributed by atoms with van der Waals surface area (Å²) in [5.74, 6) is 0.0872. The third-order valence-electron chi connectivity index (χ3n) is 4.99. The van der Waals surface area contributed by atoms with Crippen molar-refractivity contribution in [2.24, 2.45) is 13.0 Å². The highest BCUT2D eigenvalue weighted by molar-refractivity contribution is 7.78. The second-order valence-electron chi connectivity index (χ2n) is 7.48. The summed E-state index contributed by atoms with van der Waals surface area (Å²) in [4.78, 5) is 27.8. The number of aromatic nitrogens is 2. The van der Waals surface area contributed by atoms with Crippen LogP contribution in [0.25, 0.3) is 22.0 Å². The fourth-order valence-corrected chi connectivity index (χ4v) is 4.09. The van der Waals surface area contributed by atoms with Crippen molar-refractivity contribution in [3.05, 3.63) is 46.5 Å². The molecule has 1 amide bonds. The molecule has 0 saturated carbocycles. The summed E-state index contributed by atoms with van der Waals surface area (Å²) in [6.45, 7) is 3.80. The summed E-state index contributed by atoms with van der Waals surface area (Å²) < 4.78 is 28.3. The predicted molar refractivity (Wildman–Crippen MR) is 111 cm³/mol. The van der Waals surface area contributed by atoms with Gasteiger partial charge in [0.1, 0.15) is 5.52 Å². The molecule has 0 spiro atoms. The van der Waals surface area contributed by atoms with E-state index in [1.165, 1.54) is 4.57 Å². The standard InChI is InChI=1S/C20H21N3O5S/c1-10(2)17-19(24)22-15-7-11(9-29(26)27)6-13(18(15)28-17)14-8-23(3)20(25)16-12(14)4-5-21-16/h4-8,10,17,21H,9H2,1-3H3,(H,22,24)(H,26,27). The smallest absolute Gasteiger partial charge is 0.274 e. The number of rotatable bonds is 4. The van der Waals surface area contributed by atoms with E-state index >= 15 is 0 Å². The molecule has 2 unspecified atom stereocenters. The molecular weight excluding hydrogens is 394 g/mol. The van der Waals surface area contributed by atoms with Crippen LogP contribution in [0.1, 0.15) is 19.4 Å². The maximum atomic E-state index is 12.5. The third-order valence-corrected chi connectivity index (χ3v) is 5.57. The van der Waals surface area contributed by atoms with Crippen LogP contribution in [0.3, 0.4) is 0 Å². The fraction of sp³-hybridized carbons (Fsp3) is 0.300. The van der Waals surface area contributed by atoms with Crippen molar-refractivity contribution in [1.29, 1.82) is 0 Å². The Hall–Kier alpha value is -2.91. The monoisotopic (exact) mass is 415 g/mol. The quantitative estimate of drug-likeness (QED) is 0.567. The molecule has 0 aliphatic carbocycles. The van der Waals surface area contributed by atoms with Gasteiger partial charge in [0, 0.05) is 36.0 Å². The number of ether oxygens (including phenoxy) is 1. The summed E-state index contributed by atoms with van der Waals surface area (Å²) in [5.41, 5.74) is 2.68. The highest BCUT2D eigenvalue weighted by Gasteiger charge is 2.33. The predicted octanol–water partition coefficient (Wildman–Crippen LogP) is 2.61. The maximum absolute atomic E-state index is 12.5. The van der Waals surface area contributed by atoms with Crippen LogP contribution in [0.2, 0.25) is 0 Å². The third kappa shape index (κ3) is 3.36. The lowest BCUT2D eigenvalue weighted by Crippen LogP contribution is -2.40. The average molecular weight is 415 g/mol. The number of benzene rings is 1. The van der Waals surface area contributed by atoms with Gasteiger partial charge in [-0.2, -0.15) is 0 Å². The van der Waals surface area contributed by atoms with E-state index in [2.05, 4.69) is 10.3 Å². The van der Waals surface area contributed by atoms with Crippen LogP contribution >= 0.6 is 0 Å². The van der Waals surface area contributed by atoms with Crippen LogP contribution < -0.4 is 15.6 Å². The van der Waals surface area contributed by atoms with Crippen molar-refractivity contribution >= 4 is 33.6 Å². The van der Waals surface area contributed by atoms with Crippen LogP contribution in [0, 0.1) is 5.92 Å². The Morgan fingerprint density at radius 1 is 1.28 bits per heavy atom. The number of pyridine rings is 1. The summed E-state index contributed by atoms with van der Waals surface area (Å²) in [5, 5.41) is 3.57. The molecule has 0 bridgehead atoms. The van der Waals surface area contributed by atoms with E-state index in [4.69, 9.17) is 4.74 Å². The highest BCUT2D eigenvalue weighted by atomic mass is 32.2. The number of hydrogen-bond donors (Lipinski definition) is 3.